The van der Waals surface area contributed by atoms with Gasteiger partial charge in [0.15, 0.2) is 17.3 Å². The van der Waals surface area contributed by atoms with Crippen LogP contribution in [-0.4, -0.2) is 84.9 Å². The summed E-state index contributed by atoms with van der Waals surface area (Å²) in [6.45, 7) is 27.3. The average Bonchev–Trinajstić information content (AvgIpc) is 4.16. The Morgan fingerprint density at radius 2 is 1.22 bits per heavy atom. The van der Waals surface area contributed by atoms with Gasteiger partial charge in [-0.1, -0.05) is 145 Å². The molecular weight excluding hydrogens is 973 g/mol. The molecule has 9 nitrogen and oxygen atoms in total. The lowest BCUT2D eigenvalue weighted by molar-refractivity contribution is -0.142. The lowest BCUT2D eigenvalue weighted by Gasteiger charge is -2.25. The summed E-state index contributed by atoms with van der Waals surface area (Å²) in [6, 6.07) is 24.8. The fraction of sp³-hybridized carbons (Fsp3) is 0.339. The Labute approximate surface area is 440 Å². The summed E-state index contributed by atoms with van der Waals surface area (Å²) in [4.78, 5) is 61.4. The third-order valence-corrected chi connectivity index (χ3v) is 17.5. The molecule has 5 aromatic carbocycles. The minimum absolute atomic E-state index is 0.0238. The van der Waals surface area contributed by atoms with E-state index < -0.39 is 24.2 Å². The van der Waals surface area contributed by atoms with Crippen LogP contribution in [0.1, 0.15) is 109 Å². The van der Waals surface area contributed by atoms with Crippen molar-refractivity contribution < 1.29 is 43.3 Å². The van der Waals surface area contributed by atoms with Crippen LogP contribution in [0, 0.1) is 35.1 Å². The lowest BCUT2D eigenvalue weighted by Crippen LogP contribution is -2.43. The highest BCUT2D eigenvalue weighted by Gasteiger charge is 2.42. The Morgan fingerprint density at radius 1 is 0.649 bits per heavy atom. The topological polar surface area (TPSA) is 133 Å². The van der Waals surface area contributed by atoms with Gasteiger partial charge in [-0.2, -0.15) is 0 Å². The standard InChI is InChI=1S/C21H22O3Si.2C18H18O2Si.C5H10O2/c1-5-15(22)17-16-12-8-6-7-9-13(12)19(23)18(16)21(25(2,3)4)14-10-11-24-20(14)17;1-21(2,3)18-13-8-9-20-15(13)10-14-11-6-4-5-7-12(11)17(19)16(14)18;1-21(2,3)15-13-18(20)17-12-8-7-11-16(17)10-6-4-5-9-14-19;1-3-5(6)7-4-2/h6-9H,5,10-11H2,1-4H3;4-7,10H,8-9H2,1-3H3;7-8,11-12,19H,9,14H2,1-3H3;3-4H2,1-2H3. The number of ether oxygens (including phenoxy) is 3. The summed E-state index contributed by atoms with van der Waals surface area (Å²) in [5.41, 5.74) is 14.4. The fourth-order valence-electron chi connectivity index (χ4n) is 9.52. The number of aliphatic hydroxyl groups excluding tert-OH is 1. The molecule has 0 bridgehead atoms. The van der Waals surface area contributed by atoms with Crippen LogP contribution in [0.25, 0.3) is 22.3 Å². The lowest BCUT2D eigenvalue weighted by atomic mass is 9.91. The van der Waals surface area contributed by atoms with Crippen LogP contribution in [0.4, 0.5) is 0 Å². The number of hydrogen-bond acceptors (Lipinski definition) is 9. The number of carbonyl (C=O) groups is 5. The molecule has 0 saturated carbocycles. The second kappa shape index (κ2) is 24.0. The molecule has 0 amide bonds. The predicted octanol–water partition coefficient (Wildman–Crippen LogP) is 10.8. The summed E-state index contributed by atoms with van der Waals surface area (Å²) >= 11 is 0. The number of Topliss-reactive ketones (excluding diaryl/α,β-unsaturated/α-hetero) is 2. The van der Waals surface area contributed by atoms with Crippen molar-refractivity contribution in [3.05, 3.63) is 129 Å². The second-order valence-electron chi connectivity index (χ2n) is 21.2. The van der Waals surface area contributed by atoms with Gasteiger partial charge in [0.25, 0.3) is 0 Å². The first-order valence-electron chi connectivity index (χ1n) is 25.5. The number of benzene rings is 5. The summed E-state index contributed by atoms with van der Waals surface area (Å²) in [7, 11) is -5.01. The van der Waals surface area contributed by atoms with Crippen LogP contribution < -0.4 is 19.8 Å². The number of hydrogen-bond donors (Lipinski definition) is 1. The van der Waals surface area contributed by atoms with Gasteiger partial charge < -0.3 is 19.3 Å². The van der Waals surface area contributed by atoms with Crippen LogP contribution in [-0.2, 0) is 22.4 Å². The number of aliphatic hydroxyl groups is 1. The zero-order chi connectivity index (χ0) is 54.1. The Bertz CT molecular complexity index is 3240. The first kappa shape index (κ1) is 56.4. The molecule has 12 heteroatoms. The number of esters is 1. The molecule has 1 N–H and O–H groups in total. The second-order valence-corrected chi connectivity index (χ2v) is 36.0. The van der Waals surface area contributed by atoms with Crippen LogP contribution in [0.5, 0.6) is 11.5 Å². The Morgan fingerprint density at radius 3 is 1.81 bits per heavy atom. The maximum absolute atomic E-state index is 13.3. The molecule has 74 heavy (non-hydrogen) atoms. The molecule has 0 aromatic heterocycles. The van der Waals surface area contributed by atoms with Crippen LogP contribution in [0.3, 0.4) is 0 Å². The first-order valence-corrected chi connectivity index (χ1v) is 36.0. The van der Waals surface area contributed by atoms with Gasteiger partial charge in [-0.15, -0.1) is 5.54 Å². The van der Waals surface area contributed by atoms with Gasteiger partial charge in [-0.25, -0.2) is 0 Å². The summed E-state index contributed by atoms with van der Waals surface area (Å²) < 4.78 is 16.3. The third kappa shape index (κ3) is 12.5. The average molecular weight is 1040 g/mol. The highest BCUT2D eigenvalue weighted by molar-refractivity contribution is 6.91. The van der Waals surface area contributed by atoms with E-state index in [-0.39, 0.29) is 35.7 Å². The number of carbonyl (C=O) groups excluding carboxylic acids is 5. The van der Waals surface area contributed by atoms with Gasteiger partial charge in [-0.3, -0.25) is 24.0 Å². The van der Waals surface area contributed by atoms with Gasteiger partial charge >= 0.3 is 5.97 Å². The molecule has 2 aliphatic carbocycles. The van der Waals surface area contributed by atoms with Crippen LogP contribution in [0.2, 0.25) is 58.9 Å². The predicted molar refractivity (Wildman–Crippen MR) is 305 cm³/mol. The van der Waals surface area contributed by atoms with Gasteiger partial charge in [-0.05, 0) is 81.1 Å². The number of ketones is 4. The number of fused-ring (bicyclic) bond motifs is 8. The van der Waals surface area contributed by atoms with Crippen molar-refractivity contribution in [1.29, 1.82) is 0 Å². The van der Waals surface area contributed by atoms with E-state index in [1.165, 1.54) is 15.9 Å². The molecule has 9 rings (SSSR count). The van der Waals surface area contributed by atoms with Crippen molar-refractivity contribution >= 4 is 63.7 Å². The molecule has 382 valence electrons. The largest absolute Gasteiger partial charge is 0.493 e. The van der Waals surface area contributed by atoms with E-state index in [0.717, 1.165) is 75.5 Å². The van der Waals surface area contributed by atoms with Crippen molar-refractivity contribution in [2.24, 2.45) is 0 Å². The highest BCUT2D eigenvalue weighted by Crippen LogP contribution is 2.46. The molecule has 4 aliphatic rings. The molecule has 0 unspecified atom stereocenters. The fourth-order valence-corrected chi connectivity index (χ4v) is 14.3. The van der Waals surface area contributed by atoms with E-state index in [4.69, 9.17) is 14.6 Å². The van der Waals surface area contributed by atoms with Crippen molar-refractivity contribution in [1.82, 2.24) is 0 Å². The van der Waals surface area contributed by atoms with Gasteiger partial charge in [0.05, 0.1) is 48.1 Å². The maximum Gasteiger partial charge on any atom is 0.305 e. The summed E-state index contributed by atoms with van der Waals surface area (Å²) in [6.07, 6.45) is 3.01. The summed E-state index contributed by atoms with van der Waals surface area (Å²) in [5, 5.41) is 11.1. The normalized spacial score (nSPS) is 12.8. The Hall–Kier alpha value is -6.86. The smallest absolute Gasteiger partial charge is 0.305 e. The zero-order valence-electron chi connectivity index (χ0n) is 45.1. The number of rotatable bonds is 8. The van der Waals surface area contributed by atoms with E-state index in [1.54, 1.807) is 32.0 Å². The summed E-state index contributed by atoms with van der Waals surface area (Å²) in [5.74, 6) is 15.4. The van der Waals surface area contributed by atoms with E-state index in [9.17, 15) is 24.0 Å². The Balaban J connectivity index is 0.000000170. The molecular formula is C62H68O9Si3. The molecule has 2 heterocycles. The van der Waals surface area contributed by atoms with E-state index in [0.29, 0.717) is 54.7 Å². The van der Waals surface area contributed by atoms with Gasteiger partial charge in [0.2, 0.25) is 5.78 Å². The molecule has 0 atom stereocenters. The molecule has 2 aliphatic heterocycles. The maximum atomic E-state index is 13.3. The molecule has 0 fully saturated rings. The van der Waals surface area contributed by atoms with Gasteiger partial charge in [0.1, 0.15) is 19.6 Å². The monoisotopic (exact) mass is 1040 g/mol. The van der Waals surface area contributed by atoms with Crippen molar-refractivity contribution in [2.45, 2.75) is 112 Å². The minimum Gasteiger partial charge on any atom is -0.493 e. The van der Waals surface area contributed by atoms with Crippen LogP contribution in [0.15, 0.2) is 78.9 Å². The molecule has 5 aromatic rings. The highest BCUT2D eigenvalue weighted by atomic mass is 28.3. The van der Waals surface area contributed by atoms with E-state index in [2.05, 4.69) is 111 Å². The molecule has 0 spiro atoms. The first-order chi connectivity index (χ1) is 35.1. The van der Waals surface area contributed by atoms with E-state index >= 15 is 0 Å². The third-order valence-electron chi connectivity index (χ3n) is 12.5. The quantitative estimate of drug-likeness (QED) is 0.0683. The van der Waals surface area contributed by atoms with Crippen molar-refractivity contribution in [3.8, 4) is 68.9 Å². The van der Waals surface area contributed by atoms with Crippen molar-refractivity contribution in [2.75, 3.05) is 26.4 Å². The van der Waals surface area contributed by atoms with E-state index in [1.807, 2.05) is 55.5 Å². The van der Waals surface area contributed by atoms with Gasteiger partial charge in [0, 0.05) is 71.0 Å². The Kier molecular flexibility index (Phi) is 18.3. The van der Waals surface area contributed by atoms with Crippen LogP contribution >= 0.6 is 0 Å². The zero-order valence-corrected chi connectivity index (χ0v) is 48.1. The molecule has 0 radical (unpaired) electrons. The molecule has 0 saturated heterocycles. The van der Waals surface area contributed by atoms with Crippen molar-refractivity contribution in [3.63, 3.8) is 0 Å². The minimum atomic E-state index is -1.81. The SMILES string of the molecule is CCC(=O)c1c2c(c([Si](C)(C)C)c3c1-c1ccccc1C3=O)CCO2.CCOC(=O)CC.C[Si](C)(C)C#CC(=O)c1ccccc1C#CC#CCCO.C[Si](C)(C)c1c2c(cc3c1C(=O)c1ccccc1-3)OCC2.